The van der Waals surface area contributed by atoms with Gasteiger partial charge in [-0.15, -0.1) is 0 Å². The minimum Gasteiger partial charge on any atom is -0.355 e. The van der Waals surface area contributed by atoms with Crippen molar-refractivity contribution in [3.05, 3.63) is 34.6 Å². The summed E-state index contributed by atoms with van der Waals surface area (Å²) in [6, 6.07) is 3.66. The van der Waals surface area contributed by atoms with E-state index >= 15 is 0 Å². The number of hydrogen-bond acceptors (Lipinski definition) is 3. The number of aryl methyl sites for hydroxylation is 2. The molecule has 4 nitrogen and oxygen atoms in total. The second-order valence-corrected chi connectivity index (χ2v) is 5.22. The molecule has 0 bridgehead atoms. The van der Waals surface area contributed by atoms with Crippen molar-refractivity contribution in [2.45, 2.75) is 32.1 Å². The van der Waals surface area contributed by atoms with Gasteiger partial charge in [-0.1, -0.05) is 13.0 Å². The number of fused-ring (bicyclic) bond motifs is 1. The van der Waals surface area contributed by atoms with Gasteiger partial charge in [0.2, 0.25) is 5.91 Å². The fourth-order valence-corrected chi connectivity index (χ4v) is 3.01. The molecule has 0 spiro atoms. The molecule has 1 heterocycles. The highest BCUT2D eigenvalue weighted by Crippen LogP contribution is 2.34. The SMILES string of the molecule is C[C@@H]1C(=O)NC[C@H]1c1cc2c(cc1F)CCC2.O=C=O. The summed E-state index contributed by atoms with van der Waals surface area (Å²) in [5.41, 5.74) is 3.14. The summed E-state index contributed by atoms with van der Waals surface area (Å²) in [5, 5.41) is 2.81. The Hall–Kier alpha value is -2.00. The number of carbonyl (C=O) groups is 1. The molecule has 1 amide bonds. The molecular formula is C15H16FNO3. The van der Waals surface area contributed by atoms with Crippen LogP contribution in [0.1, 0.15) is 36.0 Å². The predicted molar refractivity (Wildman–Crippen MR) is 68.3 cm³/mol. The molecule has 2 aliphatic rings. The summed E-state index contributed by atoms with van der Waals surface area (Å²) in [6.07, 6.45) is 3.41. The van der Waals surface area contributed by atoms with Crippen LogP contribution in [-0.2, 0) is 27.2 Å². The minimum absolute atomic E-state index is 0.00611. The molecular weight excluding hydrogens is 261 g/mol. The zero-order chi connectivity index (χ0) is 14.7. The van der Waals surface area contributed by atoms with Crippen LogP contribution in [0.5, 0.6) is 0 Å². The molecule has 2 atom stereocenters. The standard InChI is InChI=1S/C14H16FNO.CO2/c1-8-12(7-16-14(8)17)11-5-9-3-2-4-10(9)6-13(11)15;2-1-3/h5-6,8,12H,2-4,7H2,1H3,(H,16,17);/t8-,12+;/m0./s1. The Kier molecular flexibility index (Phi) is 4.30. The molecule has 0 unspecified atom stereocenters. The molecule has 0 aromatic heterocycles. The summed E-state index contributed by atoms with van der Waals surface area (Å²) in [7, 11) is 0. The van der Waals surface area contributed by atoms with Crippen molar-refractivity contribution < 1.29 is 18.8 Å². The van der Waals surface area contributed by atoms with Crippen LogP contribution in [0.25, 0.3) is 0 Å². The molecule has 1 aromatic rings. The van der Waals surface area contributed by atoms with Crippen LogP contribution >= 0.6 is 0 Å². The third-order valence-corrected chi connectivity index (χ3v) is 4.12. The van der Waals surface area contributed by atoms with Gasteiger partial charge in [0.1, 0.15) is 5.82 Å². The monoisotopic (exact) mass is 277 g/mol. The van der Waals surface area contributed by atoms with Crippen molar-refractivity contribution in [2.75, 3.05) is 6.54 Å². The van der Waals surface area contributed by atoms with Gasteiger partial charge in [0.15, 0.2) is 0 Å². The molecule has 1 aliphatic heterocycles. The maximum absolute atomic E-state index is 14.1. The number of nitrogens with one attached hydrogen (secondary N) is 1. The largest absolute Gasteiger partial charge is 0.373 e. The van der Waals surface area contributed by atoms with E-state index in [0.717, 1.165) is 30.4 Å². The van der Waals surface area contributed by atoms with E-state index in [1.54, 1.807) is 6.07 Å². The Morgan fingerprint density at radius 2 is 1.85 bits per heavy atom. The van der Waals surface area contributed by atoms with Crippen LogP contribution < -0.4 is 5.32 Å². The molecule has 1 aromatic carbocycles. The van der Waals surface area contributed by atoms with Crippen molar-refractivity contribution in [1.29, 1.82) is 0 Å². The third-order valence-electron chi connectivity index (χ3n) is 4.12. The van der Waals surface area contributed by atoms with Gasteiger partial charge in [0.05, 0.1) is 0 Å². The number of rotatable bonds is 1. The number of amides is 1. The van der Waals surface area contributed by atoms with Gasteiger partial charge < -0.3 is 5.32 Å². The zero-order valence-corrected chi connectivity index (χ0v) is 11.2. The molecule has 1 N–H and O–H groups in total. The van der Waals surface area contributed by atoms with Crippen molar-refractivity contribution in [1.82, 2.24) is 5.32 Å². The minimum atomic E-state index is -0.140. The topological polar surface area (TPSA) is 63.2 Å². The van der Waals surface area contributed by atoms with Gasteiger partial charge in [-0.3, -0.25) is 4.79 Å². The maximum Gasteiger partial charge on any atom is 0.373 e. The van der Waals surface area contributed by atoms with E-state index < -0.39 is 0 Å². The lowest BCUT2D eigenvalue weighted by molar-refractivity contribution is -0.191. The van der Waals surface area contributed by atoms with Gasteiger partial charge in [-0.05, 0) is 42.0 Å². The smallest absolute Gasteiger partial charge is 0.355 e. The maximum atomic E-state index is 14.1. The van der Waals surface area contributed by atoms with Crippen molar-refractivity contribution in [2.24, 2.45) is 5.92 Å². The van der Waals surface area contributed by atoms with Crippen LogP contribution in [0.3, 0.4) is 0 Å². The fourth-order valence-electron chi connectivity index (χ4n) is 3.01. The second-order valence-electron chi connectivity index (χ2n) is 5.22. The lowest BCUT2D eigenvalue weighted by atomic mass is 9.88. The predicted octanol–water partition coefficient (Wildman–Crippen LogP) is 1.58. The van der Waals surface area contributed by atoms with Crippen LogP contribution in [0.15, 0.2) is 12.1 Å². The number of halogens is 1. The summed E-state index contributed by atoms with van der Waals surface area (Å²) < 4.78 is 14.1. The Bertz CT molecular complexity index is 564. The Labute approximate surface area is 116 Å². The molecule has 20 heavy (non-hydrogen) atoms. The number of benzene rings is 1. The highest BCUT2D eigenvalue weighted by atomic mass is 19.1. The highest BCUT2D eigenvalue weighted by molar-refractivity contribution is 5.82. The van der Waals surface area contributed by atoms with Crippen molar-refractivity contribution in [3.63, 3.8) is 0 Å². The Morgan fingerprint density at radius 1 is 1.25 bits per heavy atom. The normalized spacial score (nSPS) is 23.4. The van der Waals surface area contributed by atoms with Crippen LogP contribution in [0, 0.1) is 11.7 Å². The molecule has 0 saturated carbocycles. The summed E-state index contributed by atoms with van der Waals surface area (Å²) in [5.74, 6) is -0.230. The average molecular weight is 277 g/mol. The molecule has 1 saturated heterocycles. The van der Waals surface area contributed by atoms with E-state index in [2.05, 4.69) is 5.32 Å². The lowest BCUT2D eigenvalue weighted by Gasteiger charge is -2.15. The van der Waals surface area contributed by atoms with Gasteiger partial charge in [-0.2, -0.15) is 9.59 Å². The fraction of sp³-hybridized carbons (Fsp3) is 0.467. The lowest BCUT2D eigenvalue weighted by Crippen LogP contribution is -2.17. The molecule has 3 rings (SSSR count). The average Bonchev–Trinajstić information content (AvgIpc) is 2.98. The molecule has 0 radical (unpaired) electrons. The van der Waals surface area contributed by atoms with Gasteiger partial charge >= 0.3 is 6.15 Å². The van der Waals surface area contributed by atoms with E-state index in [0.29, 0.717) is 6.54 Å². The quantitative estimate of drug-likeness (QED) is 0.847. The van der Waals surface area contributed by atoms with E-state index in [9.17, 15) is 9.18 Å². The van der Waals surface area contributed by atoms with Gasteiger partial charge in [0, 0.05) is 18.4 Å². The summed E-state index contributed by atoms with van der Waals surface area (Å²) in [6.45, 7) is 2.44. The van der Waals surface area contributed by atoms with Crippen molar-refractivity contribution in [3.8, 4) is 0 Å². The first kappa shape index (κ1) is 14.4. The zero-order valence-electron chi connectivity index (χ0n) is 11.2. The van der Waals surface area contributed by atoms with Gasteiger partial charge in [0.25, 0.3) is 0 Å². The number of hydrogen-bond donors (Lipinski definition) is 1. The number of carbonyl (C=O) groups excluding carboxylic acids is 3. The molecule has 106 valence electrons. The van der Waals surface area contributed by atoms with Crippen LogP contribution in [0.2, 0.25) is 0 Å². The highest BCUT2D eigenvalue weighted by Gasteiger charge is 2.34. The van der Waals surface area contributed by atoms with Gasteiger partial charge in [-0.25, -0.2) is 4.39 Å². The van der Waals surface area contributed by atoms with Crippen LogP contribution in [-0.4, -0.2) is 18.6 Å². The van der Waals surface area contributed by atoms with E-state index in [1.807, 2.05) is 13.0 Å². The van der Waals surface area contributed by atoms with E-state index in [-0.39, 0.29) is 29.7 Å². The first-order valence-electron chi connectivity index (χ1n) is 6.66. The summed E-state index contributed by atoms with van der Waals surface area (Å²) in [4.78, 5) is 27.7. The second kappa shape index (κ2) is 5.97. The first-order valence-corrected chi connectivity index (χ1v) is 6.66. The Morgan fingerprint density at radius 3 is 2.40 bits per heavy atom. The van der Waals surface area contributed by atoms with Crippen LogP contribution in [0.4, 0.5) is 4.39 Å². The van der Waals surface area contributed by atoms with E-state index in [1.165, 1.54) is 5.56 Å². The third kappa shape index (κ3) is 2.63. The Balaban J connectivity index is 0.000000452. The van der Waals surface area contributed by atoms with Crippen molar-refractivity contribution >= 4 is 12.1 Å². The molecule has 1 fully saturated rings. The molecule has 5 heteroatoms. The van der Waals surface area contributed by atoms with E-state index in [4.69, 9.17) is 9.59 Å². The summed E-state index contributed by atoms with van der Waals surface area (Å²) >= 11 is 0. The molecule has 1 aliphatic carbocycles. The first-order chi connectivity index (χ1) is 9.58.